The fourth-order valence-electron chi connectivity index (χ4n) is 2.66. The Balaban J connectivity index is 2.37. The van der Waals surface area contributed by atoms with E-state index in [9.17, 15) is 15.2 Å². The number of anilines is 1. The van der Waals surface area contributed by atoms with Gasteiger partial charge in [0.1, 0.15) is 11.6 Å². The van der Waals surface area contributed by atoms with Gasteiger partial charge in [0, 0.05) is 26.2 Å². The number of rotatable bonds is 5. The summed E-state index contributed by atoms with van der Waals surface area (Å²) in [5.74, 6) is -1.93. The lowest BCUT2D eigenvalue weighted by atomic mass is 9.94. The Labute approximate surface area is 141 Å². The second-order valence-corrected chi connectivity index (χ2v) is 6.37. The molecule has 2 rings (SSSR count). The van der Waals surface area contributed by atoms with E-state index >= 15 is 0 Å². The number of nitriles is 1. The van der Waals surface area contributed by atoms with Crippen LogP contribution in [0, 0.1) is 11.3 Å². The minimum atomic E-state index is -1.23. The Hall–Kier alpha value is -2.36. The van der Waals surface area contributed by atoms with Gasteiger partial charge in [0.15, 0.2) is 5.79 Å². The van der Waals surface area contributed by atoms with Crippen LogP contribution < -0.4 is 4.90 Å². The smallest absolute Gasteiger partial charge is 0.346 e. The third kappa shape index (κ3) is 4.13. The summed E-state index contributed by atoms with van der Waals surface area (Å²) in [6.45, 7) is 3.99. The number of carboxylic acids is 1. The van der Waals surface area contributed by atoms with Gasteiger partial charge in [-0.3, -0.25) is 0 Å². The molecule has 1 N–H and O–H groups in total. The predicted molar refractivity (Wildman–Crippen MR) is 90.5 cm³/mol. The van der Waals surface area contributed by atoms with Crippen LogP contribution in [0.15, 0.2) is 29.8 Å². The summed E-state index contributed by atoms with van der Waals surface area (Å²) < 4.78 is 11.3. The fraction of sp³-hybridized carbons (Fsp3) is 0.444. The molecule has 6 nitrogen and oxygen atoms in total. The van der Waals surface area contributed by atoms with Crippen molar-refractivity contribution >= 4 is 17.2 Å². The van der Waals surface area contributed by atoms with Crippen molar-refractivity contribution in [3.8, 4) is 6.07 Å². The Morgan fingerprint density at radius 2 is 2.00 bits per heavy atom. The summed E-state index contributed by atoms with van der Waals surface area (Å²) in [7, 11) is 3.85. The zero-order valence-corrected chi connectivity index (χ0v) is 14.4. The Bertz CT molecular complexity index is 684. The zero-order valence-electron chi connectivity index (χ0n) is 14.4. The molecule has 0 aromatic heterocycles. The Kier molecular flexibility index (Phi) is 5.27. The van der Waals surface area contributed by atoms with Crippen molar-refractivity contribution in [1.82, 2.24) is 0 Å². The lowest BCUT2D eigenvalue weighted by Crippen LogP contribution is -2.22. The third-order valence-electron chi connectivity index (χ3n) is 3.86. The number of ether oxygens (including phenoxy) is 2. The van der Waals surface area contributed by atoms with Crippen LogP contribution in [0.5, 0.6) is 0 Å². The van der Waals surface area contributed by atoms with Crippen LogP contribution in [0.4, 0.5) is 5.69 Å². The molecule has 1 aromatic carbocycles. The summed E-state index contributed by atoms with van der Waals surface area (Å²) in [6.07, 6.45) is 0.0196. The van der Waals surface area contributed by atoms with Crippen molar-refractivity contribution in [2.45, 2.75) is 32.2 Å². The molecule has 128 valence electrons. The van der Waals surface area contributed by atoms with E-state index in [-0.39, 0.29) is 11.7 Å². The van der Waals surface area contributed by atoms with Crippen molar-refractivity contribution < 1.29 is 19.4 Å². The maximum absolute atomic E-state index is 11.5. The number of carbonyl (C=O) groups is 1. The topological polar surface area (TPSA) is 82.8 Å². The molecule has 1 aliphatic heterocycles. The maximum atomic E-state index is 11.5. The summed E-state index contributed by atoms with van der Waals surface area (Å²) in [4.78, 5) is 13.4. The van der Waals surface area contributed by atoms with E-state index in [2.05, 4.69) is 0 Å². The fourth-order valence-corrected chi connectivity index (χ4v) is 2.66. The normalized spacial score (nSPS) is 20.2. The summed E-state index contributed by atoms with van der Waals surface area (Å²) >= 11 is 0. The zero-order chi connectivity index (χ0) is 17.9. The van der Waals surface area contributed by atoms with Gasteiger partial charge in [-0.2, -0.15) is 5.26 Å². The van der Waals surface area contributed by atoms with E-state index in [0.29, 0.717) is 24.2 Å². The highest BCUT2D eigenvalue weighted by molar-refractivity contribution is 6.00. The lowest BCUT2D eigenvalue weighted by molar-refractivity contribution is -0.137. The first-order valence-corrected chi connectivity index (χ1v) is 7.69. The van der Waals surface area contributed by atoms with Gasteiger partial charge in [0.2, 0.25) is 0 Å². The molecule has 1 fully saturated rings. The van der Waals surface area contributed by atoms with Crippen LogP contribution >= 0.6 is 0 Å². The van der Waals surface area contributed by atoms with Crippen molar-refractivity contribution in [1.29, 1.82) is 5.26 Å². The molecule has 1 heterocycles. The number of benzene rings is 1. The van der Waals surface area contributed by atoms with Crippen LogP contribution in [0.1, 0.15) is 25.8 Å². The highest BCUT2D eigenvalue weighted by Crippen LogP contribution is 2.32. The van der Waals surface area contributed by atoms with Crippen LogP contribution in [-0.2, 0) is 14.3 Å². The maximum Gasteiger partial charge on any atom is 0.346 e. The molecule has 1 aliphatic rings. The SMILES string of the molecule is CN(C)c1ccc(C(CC2COC(C)(C)O2)=C(C#N)C(=O)O)cc1. The monoisotopic (exact) mass is 330 g/mol. The van der Waals surface area contributed by atoms with Gasteiger partial charge in [0.25, 0.3) is 0 Å². The minimum Gasteiger partial charge on any atom is -0.477 e. The first-order valence-electron chi connectivity index (χ1n) is 7.69. The van der Waals surface area contributed by atoms with Crippen LogP contribution in [0.3, 0.4) is 0 Å². The number of hydrogen-bond acceptors (Lipinski definition) is 5. The van der Waals surface area contributed by atoms with E-state index in [1.54, 1.807) is 6.07 Å². The van der Waals surface area contributed by atoms with Gasteiger partial charge >= 0.3 is 5.97 Å². The number of carboxylic acid groups (broad SMARTS) is 1. The molecule has 1 unspecified atom stereocenters. The number of hydrogen-bond donors (Lipinski definition) is 1. The molecule has 0 spiro atoms. The minimum absolute atomic E-state index is 0.263. The van der Waals surface area contributed by atoms with E-state index in [4.69, 9.17) is 9.47 Å². The summed E-state index contributed by atoms with van der Waals surface area (Å²) in [5.41, 5.74) is 1.89. The van der Waals surface area contributed by atoms with Crippen molar-refractivity contribution in [3.63, 3.8) is 0 Å². The average molecular weight is 330 g/mol. The standard InChI is InChI=1S/C18H22N2O4/c1-18(2)23-11-14(24-18)9-15(16(10-19)17(21)22)12-5-7-13(8-6-12)20(3)4/h5-8,14H,9,11H2,1-4H3,(H,21,22). The average Bonchev–Trinajstić information content (AvgIpc) is 2.85. The van der Waals surface area contributed by atoms with Gasteiger partial charge in [-0.05, 0) is 37.1 Å². The molecule has 1 aromatic rings. The molecule has 0 aliphatic carbocycles. The van der Waals surface area contributed by atoms with Gasteiger partial charge in [-0.25, -0.2) is 4.79 Å². The van der Waals surface area contributed by atoms with E-state index in [1.807, 2.05) is 57.1 Å². The largest absolute Gasteiger partial charge is 0.477 e. The molecule has 0 radical (unpaired) electrons. The van der Waals surface area contributed by atoms with Gasteiger partial charge < -0.3 is 19.5 Å². The van der Waals surface area contributed by atoms with Crippen molar-refractivity contribution in [3.05, 3.63) is 35.4 Å². The first kappa shape index (κ1) is 18.0. The first-order chi connectivity index (χ1) is 11.2. The molecule has 6 heteroatoms. The second-order valence-electron chi connectivity index (χ2n) is 6.37. The summed E-state index contributed by atoms with van der Waals surface area (Å²) in [6, 6.07) is 9.24. The van der Waals surface area contributed by atoms with Crippen molar-refractivity contribution in [2.24, 2.45) is 0 Å². The van der Waals surface area contributed by atoms with E-state index in [1.165, 1.54) is 0 Å². The summed E-state index contributed by atoms with van der Waals surface area (Å²) in [5, 5.41) is 18.6. The van der Waals surface area contributed by atoms with Crippen LogP contribution in [-0.4, -0.2) is 43.7 Å². The molecule has 0 amide bonds. The van der Waals surface area contributed by atoms with Gasteiger partial charge in [0.05, 0.1) is 12.7 Å². The second kappa shape index (κ2) is 7.04. The quantitative estimate of drug-likeness (QED) is 0.660. The number of nitrogens with zero attached hydrogens (tertiary/aromatic N) is 2. The number of aliphatic carboxylic acids is 1. The molecule has 1 atom stereocenters. The van der Waals surface area contributed by atoms with Crippen LogP contribution in [0.2, 0.25) is 0 Å². The van der Waals surface area contributed by atoms with Crippen molar-refractivity contribution in [2.75, 3.05) is 25.6 Å². The predicted octanol–water partition coefficient (Wildman–Crippen LogP) is 2.66. The van der Waals surface area contributed by atoms with Gasteiger partial charge in [-0.1, -0.05) is 12.1 Å². The Morgan fingerprint density at radius 1 is 1.38 bits per heavy atom. The van der Waals surface area contributed by atoms with E-state index in [0.717, 1.165) is 5.69 Å². The van der Waals surface area contributed by atoms with E-state index < -0.39 is 11.8 Å². The lowest BCUT2D eigenvalue weighted by Gasteiger charge is -2.19. The molecule has 24 heavy (non-hydrogen) atoms. The highest BCUT2D eigenvalue weighted by Gasteiger charge is 2.34. The molecule has 0 saturated carbocycles. The molecular weight excluding hydrogens is 308 g/mol. The van der Waals surface area contributed by atoms with Gasteiger partial charge in [-0.15, -0.1) is 0 Å². The molecular formula is C18H22N2O4. The molecule has 1 saturated heterocycles. The molecule has 0 bridgehead atoms. The van der Waals surface area contributed by atoms with Crippen LogP contribution in [0.25, 0.3) is 5.57 Å². The third-order valence-corrected chi connectivity index (χ3v) is 3.86. The Morgan fingerprint density at radius 3 is 2.42 bits per heavy atom. The highest BCUT2D eigenvalue weighted by atomic mass is 16.7.